The number of phosphoric ester groups is 1. The molecule has 1 unspecified atom stereocenters. The Kier molecular flexibility index (Phi) is 7.26. The normalized spacial score (nSPS) is 34.7. The SMILES string of the molecule is C=C[C@H]1C[C@@H]2/C=C\[C@H](C)[C@@H]([C@@H](C)COCc3ccc(OC)cc3)O[P+]([O-])(O1)O2. The zero-order valence-corrected chi connectivity index (χ0v) is 17.5. The number of ether oxygens (including phenoxy) is 2. The Morgan fingerprint density at radius 1 is 1.25 bits per heavy atom. The average molecular weight is 408 g/mol. The maximum absolute atomic E-state index is 13.0. The van der Waals surface area contributed by atoms with Crippen LogP contribution in [0.5, 0.6) is 5.75 Å². The van der Waals surface area contributed by atoms with Crippen molar-refractivity contribution in [2.75, 3.05) is 13.7 Å². The van der Waals surface area contributed by atoms with Gasteiger partial charge in [0, 0.05) is 18.3 Å². The van der Waals surface area contributed by atoms with E-state index in [0.29, 0.717) is 19.6 Å². The zero-order valence-electron chi connectivity index (χ0n) is 16.7. The number of rotatable bonds is 7. The fourth-order valence-electron chi connectivity index (χ4n) is 3.43. The third-order valence-corrected chi connectivity index (χ3v) is 6.58. The molecule has 0 aromatic heterocycles. The van der Waals surface area contributed by atoms with Gasteiger partial charge in [-0.3, -0.25) is 0 Å². The summed E-state index contributed by atoms with van der Waals surface area (Å²) >= 11 is 0. The van der Waals surface area contributed by atoms with Crippen LogP contribution < -0.4 is 9.63 Å². The maximum atomic E-state index is 13.0. The van der Waals surface area contributed by atoms with Crippen LogP contribution in [0.1, 0.15) is 25.8 Å². The predicted molar refractivity (Wildman–Crippen MR) is 106 cm³/mol. The fourth-order valence-corrected chi connectivity index (χ4v) is 5.27. The molecule has 2 heterocycles. The third kappa shape index (κ3) is 5.41. The minimum Gasteiger partial charge on any atom is -0.606 e. The molecule has 0 N–H and O–H groups in total. The van der Waals surface area contributed by atoms with Gasteiger partial charge in [-0.05, 0) is 17.7 Å². The summed E-state index contributed by atoms with van der Waals surface area (Å²) in [7, 11) is -2.00. The van der Waals surface area contributed by atoms with Crippen LogP contribution in [0.4, 0.5) is 0 Å². The molecule has 0 spiro atoms. The molecule has 2 aliphatic rings. The van der Waals surface area contributed by atoms with Gasteiger partial charge in [0.2, 0.25) is 0 Å². The van der Waals surface area contributed by atoms with Crippen LogP contribution in [0.15, 0.2) is 49.1 Å². The van der Waals surface area contributed by atoms with E-state index in [1.807, 2.05) is 44.2 Å². The van der Waals surface area contributed by atoms with E-state index in [0.717, 1.165) is 11.3 Å². The van der Waals surface area contributed by atoms with Crippen LogP contribution >= 0.6 is 8.17 Å². The summed E-state index contributed by atoms with van der Waals surface area (Å²) in [5, 5.41) is 0. The minimum atomic E-state index is -3.65. The zero-order chi connectivity index (χ0) is 20.1. The van der Waals surface area contributed by atoms with E-state index in [9.17, 15) is 4.89 Å². The quantitative estimate of drug-likeness (QED) is 0.504. The van der Waals surface area contributed by atoms with Crippen LogP contribution in [0.2, 0.25) is 0 Å². The van der Waals surface area contributed by atoms with Crippen LogP contribution in [-0.2, 0) is 24.9 Å². The Morgan fingerprint density at radius 3 is 2.68 bits per heavy atom. The molecule has 1 aromatic carbocycles. The second-order valence-corrected chi connectivity index (χ2v) is 8.89. The van der Waals surface area contributed by atoms with Gasteiger partial charge >= 0.3 is 8.17 Å². The Bertz CT molecular complexity index is 678. The molecule has 0 amide bonds. The number of fused-ring (bicyclic) bond motifs is 2. The van der Waals surface area contributed by atoms with Gasteiger partial charge in [-0.1, -0.05) is 44.2 Å². The van der Waals surface area contributed by atoms with Crippen molar-refractivity contribution in [1.82, 2.24) is 0 Å². The number of phosphoric acid groups is 1. The van der Waals surface area contributed by atoms with Crippen molar-refractivity contribution in [3.8, 4) is 5.75 Å². The molecule has 1 fully saturated rings. The first-order valence-electron chi connectivity index (χ1n) is 9.59. The van der Waals surface area contributed by atoms with E-state index in [2.05, 4.69) is 12.7 Å². The summed E-state index contributed by atoms with van der Waals surface area (Å²) in [6.45, 7) is 8.74. The maximum Gasteiger partial charge on any atom is 0.380 e. The van der Waals surface area contributed by atoms with E-state index >= 15 is 0 Å². The smallest absolute Gasteiger partial charge is 0.380 e. The molecule has 6 atom stereocenters. The Labute approximate surface area is 167 Å². The van der Waals surface area contributed by atoms with Crippen molar-refractivity contribution in [2.45, 2.75) is 45.2 Å². The molecule has 0 saturated carbocycles. The highest BCUT2D eigenvalue weighted by atomic mass is 31.2. The highest BCUT2D eigenvalue weighted by Crippen LogP contribution is 2.61. The number of hydrogen-bond donors (Lipinski definition) is 0. The van der Waals surface area contributed by atoms with Crippen LogP contribution in [0.3, 0.4) is 0 Å². The molecule has 0 aliphatic carbocycles. The van der Waals surface area contributed by atoms with E-state index < -0.39 is 8.17 Å². The summed E-state index contributed by atoms with van der Waals surface area (Å²) < 4.78 is 28.1. The van der Waals surface area contributed by atoms with E-state index in [-0.39, 0.29) is 30.1 Å². The average Bonchev–Trinajstić information content (AvgIpc) is 2.69. The number of hydrogen-bond acceptors (Lipinski definition) is 6. The fraction of sp³-hybridized carbons (Fsp3) is 0.524. The van der Waals surface area contributed by atoms with Crippen molar-refractivity contribution in [3.05, 3.63) is 54.6 Å². The van der Waals surface area contributed by atoms with E-state index in [1.165, 1.54) is 0 Å². The molecule has 2 aliphatic heterocycles. The molecular weight excluding hydrogens is 379 g/mol. The first-order chi connectivity index (χ1) is 13.4. The lowest BCUT2D eigenvalue weighted by Gasteiger charge is -2.40. The Balaban J connectivity index is 1.60. The first kappa shape index (κ1) is 21.4. The molecule has 1 saturated heterocycles. The first-order valence-corrected chi connectivity index (χ1v) is 11.1. The third-order valence-electron chi connectivity index (χ3n) is 5.02. The van der Waals surface area contributed by atoms with Crippen LogP contribution in [0, 0.1) is 11.8 Å². The lowest BCUT2D eigenvalue weighted by Crippen LogP contribution is -2.41. The van der Waals surface area contributed by atoms with Crippen LogP contribution in [0.25, 0.3) is 0 Å². The predicted octanol–water partition coefficient (Wildman–Crippen LogP) is 3.84. The molecule has 1 aromatic rings. The van der Waals surface area contributed by atoms with Gasteiger partial charge in [-0.25, -0.2) is 0 Å². The van der Waals surface area contributed by atoms with Gasteiger partial charge in [0.15, 0.2) is 0 Å². The van der Waals surface area contributed by atoms with Crippen molar-refractivity contribution >= 4 is 8.17 Å². The van der Waals surface area contributed by atoms with Crippen molar-refractivity contribution in [2.24, 2.45) is 11.8 Å². The lowest BCUT2D eigenvalue weighted by molar-refractivity contribution is -0.271. The van der Waals surface area contributed by atoms with Gasteiger partial charge < -0.3 is 14.4 Å². The molecule has 6 nitrogen and oxygen atoms in total. The summed E-state index contributed by atoms with van der Waals surface area (Å²) in [5.41, 5.74) is 1.06. The highest BCUT2D eigenvalue weighted by molar-refractivity contribution is 7.54. The van der Waals surface area contributed by atoms with Gasteiger partial charge in [0.25, 0.3) is 0 Å². The number of methoxy groups -OCH3 is 1. The van der Waals surface area contributed by atoms with Gasteiger partial charge in [-0.2, -0.15) is 13.6 Å². The molecule has 7 heteroatoms. The lowest BCUT2D eigenvalue weighted by atomic mass is 9.93. The van der Waals surface area contributed by atoms with Crippen LogP contribution in [-0.4, -0.2) is 32.0 Å². The summed E-state index contributed by atoms with van der Waals surface area (Å²) in [6.07, 6.45) is 5.27. The monoisotopic (exact) mass is 408 g/mol. The minimum absolute atomic E-state index is 0.00317. The summed E-state index contributed by atoms with van der Waals surface area (Å²) in [4.78, 5) is 13.0. The number of benzene rings is 1. The Hall–Kier alpha value is -1.27. The highest BCUT2D eigenvalue weighted by Gasteiger charge is 2.48. The second kappa shape index (κ2) is 9.49. The van der Waals surface area contributed by atoms with E-state index in [4.69, 9.17) is 23.0 Å². The van der Waals surface area contributed by atoms with Gasteiger partial charge in [-0.15, -0.1) is 6.58 Å². The van der Waals surface area contributed by atoms with Gasteiger partial charge in [0.1, 0.15) is 24.1 Å². The molecule has 3 rings (SSSR count). The van der Waals surface area contributed by atoms with Gasteiger partial charge in [0.05, 0.1) is 20.3 Å². The van der Waals surface area contributed by atoms with E-state index in [1.54, 1.807) is 13.2 Å². The Morgan fingerprint density at radius 2 is 2.00 bits per heavy atom. The molecule has 28 heavy (non-hydrogen) atoms. The molecule has 154 valence electrons. The largest absolute Gasteiger partial charge is 0.606 e. The second-order valence-electron chi connectivity index (χ2n) is 7.36. The molecular formula is C21H29O6P. The van der Waals surface area contributed by atoms with Crippen molar-refractivity contribution in [1.29, 1.82) is 0 Å². The summed E-state index contributed by atoms with van der Waals surface area (Å²) in [6, 6.07) is 7.75. The summed E-state index contributed by atoms with van der Waals surface area (Å²) in [5.74, 6) is 0.869. The van der Waals surface area contributed by atoms with Crippen molar-refractivity contribution in [3.63, 3.8) is 0 Å². The molecule has 2 bridgehead atoms. The molecule has 0 radical (unpaired) electrons. The standard InChI is InChI=1S/C21H29O6P/c1-5-18-12-20-9-6-15(2)21(27-28(22,25-18)26-20)16(3)13-24-14-17-7-10-19(23-4)11-8-17/h5-11,15-16,18,20-21H,1,12-14H2,2-4H3/b9-6-/t15-,16-,18-,20-,21-,28?/m0/s1. The topological polar surface area (TPSA) is 69.2 Å². The van der Waals surface area contributed by atoms with Crippen molar-refractivity contribution < 1.29 is 27.9 Å².